The van der Waals surface area contributed by atoms with Crippen LogP contribution in [0.25, 0.3) is 0 Å². The summed E-state index contributed by atoms with van der Waals surface area (Å²) in [5, 5.41) is 11.8. The molecule has 0 bridgehead atoms. The number of hydrogen-bond donors (Lipinski definition) is 1. The summed E-state index contributed by atoms with van der Waals surface area (Å²) in [4.78, 5) is 14.7. The first-order chi connectivity index (χ1) is 5.27. The molecular formula is C7H13NO3. The highest BCUT2D eigenvalue weighted by molar-refractivity contribution is 5.71. The molecule has 4 nitrogen and oxygen atoms in total. The normalized spacial score (nSPS) is 10.3. The number of rotatable bonds is 6. The van der Waals surface area contributed by atoms with Gasteiger partial charge in [-0.2, -0.15) is 0 Å². The third-order valence-corrected chi connectivity index (χ3v) is 0.932. The Bertz CT molecular complexity index is 134. The molecule has 11 heavy (non-hydrogen) atoms. The van der Waals surface area contributed by atoms with Crippen LogP contribution in [0.5, 0.6) is 0 Å². The van der Waals surface area contributed by atoms with Gasteiger partial charge in [-0.3, -0.25) is 4.79 Å². The van der Waals surface area contributed by atoms with Crippen LogP contribution in [0.15, 0.2) is 5.16 Å². The summed E-state index contributed by atoms with van der Waals surface area (Å²) < 4.78 is 0. The Balaban J connectivity index is 3.10. The van der Waals surface area contributed by atoms with Crippen molar-refractivity contribution in [3.05, 3.63) is 0 Å². The zero-order chi connectivity index (χ0) is 8.53. The minimum absolute atomic E-state index is 0.110. The molecule has 0 aliphatic heterocycles. The Hall–Kier alpha value is -1.06. The average Bonchev–Trinajstić information content (AvgIpc) is 1.96. The molecule has 4 heteroatoms. The second-order valence-corrected chi connectivity index (χ2v) is 2.05. The first-order valence-electron chi connectivity index (χ1n) is 3.63. The zero-order valence-corrected chi connectivity index (χ0v) is 6.62. The lowest BCUT2D eigenvalue weighted by atomic mass is 10.3. The SMILES string of the molecule is CCCON=CCCC(=O)O. The monoisotopic (exact) mass is 159 g/mol. The van der Waals surface area contributed by atoms with E-state index in [1.54, 1.807) is 0 Å². The topological polar surface area (TPSA) is 58.9 Å². The number of carboxylic acids is 1. The van der Waals surface area contributed by atoms with Crippen LogP contribution in [0, 0.1) is 0 Å². The molecule has 0 aromatic rings. The molecule has 0 unspecified atom stereocenters. The Kier molecular flexibility index (Phi) is 6.37. The van der Waals surface area contributed by atoms with E-state index in [1.165, 1.54) is 6.21 Å². The molecule has 64 valence electrons. The predicted molar refractivity (Wildman–Crippen MR) is 41.6 cm³/mol. The Morgan fingerprint density at radius 1 is 1.73 bits per heavy atom. The van der Waals surface area contributed by atoms with Crippen molar-refractivity contribution in [3.8, 4) is 0 Å². The third-order valence-electron chi connectivity index (χ3n) is 0.932. The first-order valence-corrected chi connectivity index (χ1v) is 3.63. The van der Waals surface area contributed by atoms with Gasteiger partial charge in [-0.05, 0) is 12.8 Å². The van der Waals surface area contributed by atoms with Crippen molar-refractivity contribution < 1.29 is 14.7 Å². The van der Waals surface area contributed by atoms with Crippen LogP contribution in [0.3, 0.4) is 0 Å². The molecular weight excluding hydrogens is 146 g/mol. The van der Waals surface area contributed by atoms with Gasteiger partial charge in [0, 0.05) is 6.21 Å². The molecule has 0 spiro atoms. The van der Waals surface area contributed by atoms with Gasteiger partial charge in [-0.1, -0.05) is 12.1 Å². The van der Waals surface area contributed by atoms with E-state index in [1.807, 2.05) is 6.92 Å². The maximum atomic E-state index is 9.99. The molecule has 0 amide bonds. The van der Waals surface area contributed by atoms with Gasteiger partial charge in [-0.15, -0.1) is 0 Å². The van der Waals surface area contributed by atoms with E-state index in [4.69, 9.17) is 9.94 Å². The van der Waals surface area contributed by atoms with Crippen LogP contribution < -0.4 is 0 Å². The van der Waals surface area contributed by atoms with Gasteiger partial charge in [-0.25, -0.2) is 0 Å². The van der Waals surface area contributed by atoms with Crippen molar-refractivity contribution in [2.75, 3.05) is 6.61 Å². The lowest BCUT2D eigenvalue weighted by Crippen LogP contribution is -1.94. The van der Waals surface area contributed by atoms with Crippen LogP contribution in [-0.4, -0.2) is 23.9 Å². The standard InChI is InChI=1S/C7H13NO3/c1-2-6-11-8-5-3-4-7(9)10/h5H,2-4,6H2,1H3,(H,9,10). The van der Waals surface area contributed by atoms with E-state index in [0.717, 1.165) is 6.42 Å². The number of hydrogen-bond acceptors (Lipinski definition) is 3. The van der Waals surface area contributed by atoms with Gasteiger partial charge in [0.2, 0.25) is 0 Å². The molecule has 0 saturated carbocycles. The van der Waals surface area contributed by atoms with E-state index >= 15 is 0 Å². The van der Waals surface area contributed by atoms with E-state index < -0.39 is 5.97 Å². The van der Waals surface area contributed by atoms with Crippen LogP contribution in [0.2, 0.25) is 0 Å². The largest absolute Gasteiger partial charge is 0.481 e. The molecule has 0 heterocycles. The molecule has 0 fully saturated rings. The van der Waals surface area contributed by atoms with Crippen LogP contribution in [0.4, 0.5) is 0 Å². The summed E-state index contributed by atoms with van der Waals surface area (Å²) in [6.07, 6.45) is 2.93. The molecule has 0 radical (unpaired) electrons. The molecule has 0 atom stereocenters. The van der Waals surface area contributed by atoms with Gasteiger partial charge in [0.15, 0.2) is 0 Å². The smallest absolute Gasteiger partial charge is 0.303 e. The summed E-state index contributed by atoms with van der Waals surface area (Å²) in [5.41, 5.74) is 0. The molecule has 0 aliphatic carbocycles. The summed E-state index contributed by atoms with van der Waals surface area (Å²) in [7, 11) is 0. The zero-order valence-electron chi connectivity index (χ0n) is 6.62. The highest BCUT2D eigenvalue weighted by Gasteiger charge is 1.91. The maximum Gasteiger partial charge on any atom is 0.303 e. The van der Waals surface area contributed by atoms with Gasteiger partial charge in [0.05, 0.1) is 6.42 Å². The van der Waals surface area contributed by atoms with Crippen LogP contribution in [0.1, 0.15) is 26.2 Å². The van der Waals surface area contributed by atoms with E-state index in [-0.39, 0.29) is 6.42 Å². The fraction of sp³-hybridized carbons (Fsp3) is 0.714. The lowest BCUT2D eigenvalue weighted by Gasteiger charge is -1.92. The fourth-order valence-electron chi connectivity index (χ4n) is 0.437. The first kappa shape index (κ1) is 9.94. The third kappa shape index (κ3) is 8.94. The van der Waals surface area contributed by atoms with Crippen molar-refractivity contribution in [2.24, 2.45) is 5.16 Å². The Labute approximate surface area is 65.8 Å². The number of carbonyl (C=O) groups is 1. The summed E-state index contributed by atoms with van der Waals surface area (Å²) >= 11 is 0. The molecule has 0 aromatic carbocycles. The molecule has 0 rings (SSSR count). The molecule has 0 aliphatic rings. The van der Waals surface area contributed by atoms with Crippen molar-refractivity contribution in [1.29, 1.82) is 0 Å². The van der Waals surface area contributed by atoms with Crippen LogP contribution in [-0.2, 0) is 9.63 Å². The van der Waals surface area contributed by atoms with Gasteiger partial charge in [0.25, 0.3) is 0 Å². The summed E-state index contributed by atoms with van der Waals surface area (Å²) in [5.74, 6) is -0.813. The average molecular weight is 159 g/mol. The van der Waals surface area contributed by atoms with E-state index in [2.05, 4.69) is 5.16 Å². The minimum atomic E-state index is -0.813. The molecule has 1 N–H and O–H groups in total. The van der Waals surface area contributed by atoms with Crippen molar-refractivity contribution in [1.82, 2.24) is 0 Å². The number of carboxylic acid groups (broad SMARTS) is 1. The highest BCUT2D eigenvalue weighted by atomic mass is 16.6. The minimum Gasteiger partial charge on any atom is -0.481 e. The summed E-state index contributed by atoms with van der Waals surface area (Å²) in [6.45, 7) is 2.57. The maximum absolute atomic E-state index is 9.99. The van der Waals surface area contributed by atoms with E-state index in [9.17, 15) is 4.79 Å². The van der Waals surface area contributed by atoms with E-state index in [0.29, 0.717) is 13.0 Å². The van der Waals surface area contributed by atoms with Crippen molar-refractivity contribution in [2.45, 2.75) is 26.2 Å². The number of aliphatic carboxylic acids is 1. The number of nitrogens with zero attached hydrogens (tertiary/aromatic N) is 1. The molecule has 0 aromatic heterocycles. The fourth-order valence-corrected chi connectivity index (χ4v) is 0.437. The van der Waals surface area contributed by atoms with Gasteiger partial charge < -0.3 is 9.94 Å². The summed E-state index contributed by atoms with van der Waals surface area (Å²) in [6, 6.07) is 0. The number of oxime groups is 1. The second kappa shape index (κ2) is 7.05. The predicted octanol–water partition coefficient (Wildman–Crippen LogP) is 1.26. The molecule has 0 saturated heterocycles. The Morgan fingerprint density at radius 3 is 3.00 bits per heavy atom. The van der Waals surface area contributed by atoms with Gasteiger partial charge in [0.1, 0.15) is 6.61 Å². The highest BCUT2D eigenvalue weighted by Crippen LogP contribution is 1.86. The Morgan fingerprint density at radius 2 is 2.45 bits per heavy atom. The van der Waals surface area contributed by atoms with Crippen LogP contribution >= 0.6 is 0 Å². The van der Waals surface area contributed by atoms with Gasteiger partial charge >= 0.3 is 5.97 Å². The lowest BCUT2D eigenvalue weighted by molar-refractivity contribution is -0.136. The van der Waals surface area contributed by atoms with Crippen molar-refractivity contribution >= 4 is 12.2 Å². The quantitative estimate of drug-likeness (QED) is 0.360. The second-order valence-electron chi connectivity index (χ2n) is 2.05. The van der Waals surface area contributed by atoms with Crippen molar-refractivity contribution in [3.63, 3.8) is 0 Å².